The summed E-state index contributed by atoms with van der Waals surface area (Å²) in [5, 5.41) is 15.2. The number of nitro groups is 1. The van der Waals surface area contributed by atoms with Crippen molar-refractivity contribution >= 4 is 34.7 Å². The van der Waals surface area contributed by atoms with Crippen LogP contribution in [0.2, 0.25) is 0 Å². The normalized spacial score (nSPS) is 31.3. The van der Waals surface area contributed by atoms with Crippen LogP contribution in [0.1, 0.15) is 29.3 Å². The van der Waals surface area contributed by atoms with Gasteiger partial charge in [-0.2, -0.15) is 0 Å². The predicted octanol–water partition coefficient (Wildman–Crippen LogP) is 2.97. The number of fused-ring (bicyclic) bond motifs is 8. The van der Waals surface area contributed by atoms with E-state index in [2.05, 4.69) is 5.16 Å². The van der Waals surface area contributed by atoms with Crippen LogP contribution in [-0.4, -0.2) is 34.3 Å². The van der Waals surface area contributed by atoms with Gasteiger partial charge < -0.3 is 4.84 Å². The standard InChI is InChI=1S/C24H19N3O6/c1-11(28)12-2-6-14(7-3-12)26-23(29)18-16-10-17(19(18)24(26)30)22-20(16)21(25-33-22)13-4-8-15(9-5-13)27(31)32/h2-9,16-20,22H,10H2,1H3/t16-,17-,18-,19-,20-,22+/m0/s1. The van der Waals surface area contributed by atoms with E-state index in [0.717, 1.165) is 5.56 Å². The van der Waals surface area contributed by atoms with E-state index in [4.69, 9.17) is 4.84 Å². The smallest absolute Gasteiger partial charge is 0.269 e. The number of Topliss-reactive ketones (excluding diaryl/α,β-unsaturated/α-hetero) is 1. The largest absolute Gasteiger partial charge is 0.391 e. The van der Waals surface area contributed by atoms with E-state index >= 15 is 0 Å². The van der Waals surface area contributed by atoms with Gasteiger partial charge in [-0.15, -0.1) is 0 Å². The van der Waals surface area contributed by atoms with Crippen molar-refractivity contribution in [2.45, 2.75) is 19.4 Å². The Bertz CT molecular complexity index is 1250. The Balaban J connectivity index is 1.30. The van der Waals surface area contributed by atoms with Gasteiger partial charge in [0.25, 0.3) is 5.69 Å². The zero-order valence-corrected chi connectivity index (χ0v) is 17.6. The lowest BCUT2D eigenvalue weighted by Crippen LogP contribution is -2.41. The minimum atomic E-state index is -0.456. The molecule has 2 aromatic carbocycles. The second-order valence-electron chi connectivity index (χ2n) is 9.11. The molecule has 2 heterocycles. The van der Waals surface area contributed by atoms with Gasteiger partial charge in [-0.05, 0) is 55.7 Å². The van der Waals surface area contributed by atoms with Crippen molar-refractivity contribution in [3.05, 3.63) is 69.8 Å². The summed E-state index contributed by atoms with van der Waals surface area (Å²) in [6.07, 6.45) is 0.434. The molecule has 9 nitrogen and oxygen atoms in total. The lowest BCUT2D eigenvalue weighted by Gasteiger charge is -2.29. The van der Waals surface area contributed by atoms with Crippen molar-refractivity contribution in [3.8, 4) is 0 Å². The van der Waals surface area contributed by atoms with Crippen LogP contribution in [-0.2, 0) is 14.4 Å². The number of nitro benzene ring substituents is 1. The van der Waals surface area contributed by atoms with Crippen LogP contribution < -0.4 is 4.90 Å². The Morgan fingerprint density at radius 3 is 2.24 bits per heavy atom. The minimum Gasteiger partial charge on any atom is -0.391 e. The number of anilines is 1. The average molecular weight is 445 g/mol. The fourth-order valence-electron chi connectivity index (χ4n) is 6.22. The minimum absolute atomic E-state index is 0.00850. The van der Waals surface area contributed by atoms with Gasteiger partial charge in [0, 0.05) is 35.1 Å². The van der Waals surface area contributed by atoms with E-state index in [-0.39, 0.29) is 47.1 Å². The summed E-state index contributed by atoms with van der Waals surface area (Å²) in [4.78, 5) is 55.9. The van der Waals surface area contributed by atoms with Crippen molar-refractivity contribution in [3.63, 3.8) is 0 Å². The maximum Gasteiger partial charge on any atom is 0.269 e. The third-order valence-electron chi connectivity index (χ3n) is 7.60. The first-order valence-electron chi connectivity index (χ1n) is 10.8. The van der Waals surface area contributed by atoms with Crippen molar-refractivity contribution in [2.75, 3.05) is 4.90 Å². The Morgan fingerprint density at radius 1 is 1.00 bits per heavy atom. The van der Waals surface area contributed by atoms with Gasteiger partial charge in [0.15, 0.2) is 5.78 Å². The number of carbonyl (C=O) groups excluding carboxylic acids is 3. The molecule has 2 bridgehead atoms. The monoisotopic (exact) mass is 445 g/mol. The molecule has 2 amide bonds. The zero-order valence-electron chi connectivity index (χ0n) is 17.6. The van der Waals surface area contributed by atoms with Gasteiger partial charge in [-0.1, -0.05) is 5.16 Å². The van der Waals surface area contributed by atoms with Crippen LogP contribution >= 0.6 is 0 Å². The van der Waals surface area contributed by atoms with E-state index in [1.165, 1.54) is 24.0 Å². The van der Waals surface area contributed by atoms with Crippen LogP contribution in [0.25, 0.3) is 0 Å². The molecular formula is C24H19N3O6. The molecule has 1 saturated heterocycles. The molecule has 9 heteroatoms. The first-order valence-corrected chi connectivity index (χ1v) is 10.8. The second kappa shape index (κ2) is 6.81. The maximum atomic E-state index is 13.4. The summed E-state index contributed by atoms with van der Waals surface area (Å²) >= 11 is 0. The zero-order chi connectivity index (χ0) is 23.0. The van der Waals surface area contributed by atoms with Gasteiger partial charge in [0.05, 0.1) is 28.2 Å². The van der Waals surface area contributed by atoms with E-state index in [0.29, 0.717) is 23.4 Å². The van der Waals surface area contributed by atoms with Crippen LogP contribution in [0.5, 0.6) is 0 Å². The summed E-state index contributed by atoms with van der Waals surface area (Å²) in [5.74, 6) is -1.74. The van der Waals surface area contributed by atoms with E-state index in [1.54, 1.807) is 36.4 Å². The topological polar surface area (TPSA) is 119 Å². The van der Waals surface area contributed by atoms with Crippen molar-refractivity contribution < 1.29 is 24.1 Å². The first-order chi connectivity index (χ1) is 15.9. The SMILES string of the molecule is CC(=O)c1ccc(N2C(=O)[C@H]3[C@@H]4C[C@H]([C@H]5C(c6ccc([N+](=O)[O-])cc6)=NO[C@H]45)[C@@H]3C2=O)cc1. The highest BCUT2D eigenvalue weighted by atomic mass is 16.6. The number of oxime groups is 1. The van der Waals surface area contributed by atoms with Gasteiger partial charge in [0.1, 0.15) is 6.10 Å². The lowest BCUT2D eigenvalue weighted by atomic mass is 9.71. The number of nitrogens with zero attached hydrogens (tertiary/aromatic N) is 3. The Labute approximate surface area is 188 Å². The molecule has 0 aromatic heterocycles. The van der Waals surface area contributed by atoms with E-state index in [1.807, 2.05) is 0 Å². The number of benzene rings is 2. The number of carbonyl (C=O) groups is 3. The molecule has 0 N–H and O–H groups in total. The fourth-order valence-corrected chi connectivity index (χ4v) is 6.22. The van der Waals surface area contributed by atoms with Crippen molar-refractivity contribution in [1.29, 1.82) is 0 Å². The molecular weight excluding hydrogens is 426 g/mol. The van der Waals surface area contributed by atoms with Gasteiger partial charge in [-0.25, -0.2) is 0 Å². The van der Waals surface area contributed by atoms with Crippen molar-refractivity contribution in [2.24, 2.45) is 34.7 Å². The summed E-state index contributed by atoms with van der Waals surface area (Å²) in [7, 11) is 0. The molecule has 3 fully saturated rings. The maximum absolute atomic E-state index is 13.4. The molecule has 0 spiro atoms. The molecule has 4 aliphatic rings. The van der Waals surface area contributed by atoms with Gasteiger partial charge in [0.2, 0.25) is 11.8 Å². The molecule has 2 aromatic rings. The molecule has 2 saturated carbocycles. The highest BCUT2D eigenvalue weighted by molar-refractivity contribution is 6.23. The lowest BCUT2D eigenvalue weighted by molar-refractivity contribution is -0.384. The number of imide groups is 1. The Hall–Kier alpha value is -3.88. The summed E-state index contributed by atoms with van der Waals surface area (Å²) < 4.78 is 0. The highest BCUT2D eigenvalue weighted by Gasteiger charge is 2.70. The van der Waals surface area contributed by atoms with Gasteiger partial charge >= 0.3 is 0 Å². The summed E-state index contributed by atoms with van der Waals surface area (Å²) in [5.41, 5.74) is 2.39. The van der Waals surface area contributed by atoms with E-state index < -0.39 is 16.8 Å². The Morgan fingerprint density at radius 2 is 1.64 bits per heavy atom. The third-order valence-corrected chi connectivity index (χ3v) is 7.60. The number of non-ortho nitro benzene ring substituents is 1. The fraction of sp³-hybridized carbons (Fsp3) is 0.333. The van der Waals surface area contributed by atoms with Gasteiger partial charge in [-0.3, -0.25) is 29.4 Å². The van der Waals surface area contributed by atoms with Crippen LogP contribution in [0.3, 0.4) is 0 Å². The predicted molar refractivity (Wildman–Crippen MR) is 116 cm³/mol. The van der Waals surface area contributed by atoms with Crippen molar-refractivity contribution in [1.82, 2.24) is 0 Å². The van der Waals surface area contributed by atoms with Crippen LogP contribution in [0.4, 0.5) is 11.4 Å². The third kappa shape index (κ3) is 2.65. The molecule has 0 unspecified atom stereocenters. The molecule has 6 rings (SSSR count). The number of rotatable bonds is 4. The molecule has 166 valence electrons. The average Bonchev–Trinajstić information content (AvgIpc) is 3.54. The van der Waals surface area contributed by atoms with Crippen LogP contribution in [0.15, 0.2) is 53.7 Å². The molecule has 2 aliphatic heterocycles. The molecule has 33 heavy (non-hydrogen) atoms. The highest BCUT2D eigenvalue weighted by Crippen LogP contribution is 2.62. The number of hydrogen-bond acceptors (Lipinski definition) is 7. The molecule has 2 aliphatic carbocycles. The summed E-state index contributed by atoms with van der Waals surface area (Å²) in [6, 6.07) is 12.7. The number of hydrogen-bond donors (Lipinski definition) is 0. The van der Waals surface area contributed by atoms with Crippen LogP contribution in [0, 0.1) is 39.7 Å². The molecule has 0 radical (unpaired) electrons. The number of ketones is 1. The second-order valence-corrected chi connectivity index (χ2v) is 9.11. The molecule has 6 atom stereocenters. The quantitative estimate of drug-likeness (QED) is 0.309. The Kier molecular flexibility index (Phi) is 4.08. The van der Waals surface area contributed by atoms with E-state index in [9.17, 15) is 24.5 Å². The summed E-state index contributed by atoms with van der Waals surface area (Å²) in [6.45, 7) is 1.46. The number of amides is 2. The first kappa shape index (κ1) is 19.8.